The Morgan fingerprint density at radius 3 is 2.54 bits per heavy atom. The van der Waals surface area contributed by atoms with Crippen LogP contribution in [-0.2, 0) is 5.60 Å². The van der Waals surface area contributed by atoms with Crippen LogP contribution in [0.3, 0.4) is 0 Å². The summed E-state index contributed by atoms with van der Waals surface area (Å²) < 4.78 is 5.31. The average Bonchev–Trinajstić information content (AvgIpc) is 2.33. The van der Waals surface area contributed by atoms with Crippen LogP contribution >= 0.6 is 0 Å². The second-order valence-corrected chi connectivity index (χ2v) is 3.47. The fraction of sp³-hybridized carbons (Fsp3) is 0.667. The van der Waals surface area contributed by atoms with E-state index in [-0.39, 0.29) is 0 Å². The predicted octanol–water partition coefficient (Wildman–Crippen LogP) is 0.848. The molecular formula is C9H16N2O2. The van der Waals surface area contributed by atoms with Gasteiger partial charge in [0, 0.05) is 0 Å². The van der Waals surface area contributed by atoms with E-state index in [1.54, 1.807) is 6.92 Å². The first-order valence-electron chi connectivity index (χ1n) is 4.34. The number of aryl methyl sites for hydroxylation is 2. The van der Waals surface area contributed by atoms with Crippen molar-refractivity contribution in [1.82, 2.24) is 4.98 Å². The van der Waals surface area contributed by atoms with Crippen LogP contribution in [0.25, 0.3) is 0 Å². The summed E-state index contributed by atoms with van der Waals surface area (Å²) >= 11 is 0. The summed E-state index contributed by atoms with van der Waals surface area (Å²) in [5.74, 6) is 1.10. The molecule has 1 atom stereocenters. The van der Waals surface area contributed by atoms with Crippen molar-refractivity contribution in [2.75, 3.05) is 6.54 Å². The number of hydrogen-bond donors (Lipinski definition) is 2. The summed E-state index contributed by atoms with van der Waals surface area (Å²) in [4.78, 5) is 4.13. The average molecular weight is 184 g/mol. The summed E-state index contributed by atoms with van der Waals surface area (Å²) in [5, 5.41) is 9.89. The van der Waals surface area contributed by atoms with Crippen LogP contribution in [-0.4, -0.2) is 16.6 Å². The maximum atomic E-state index is 9.89. The van der Waals surface area contributed by atoms with Crippen LogP contribution in [0.2, 0.25) is 0 Å². The highest BCUT2D eigenvalue weighted by atomic mass is 16.4. The molecule has 13 heavy (non-hydrogen) atoms. The molecule has 1 aromatic heterocycles. The van der Waals surface area contributed by atoms with Gasteiger partial charge in [-0.15, -0.1) is 0 Å². The minimum atomic E-state index is -1.05. The first-order valence-corrected chi connectivity index (χ1v) is 4.34. The number of aliphatic hydroxyl groups is 1. The largest absolute Gasteiger partial charge is 0.443 e. The molecule has 0 aliphatic heterocycles. The van der Waals surface area contributed by atoms with Crippen LogP contribution in [0.1, 0.15) is 30.7 Å². The smallest absolute Gasteiger partial charge is 0.226 e. The van der Waals surface area contributed by atoms with Gasteiger partial charge >= 0.3 is 0 Å². The molecule has 0 saturated heterocycles. The van der Waals surface area contributed by atoms with Crippen LogP contribution in [0.15, 0.2) is 4.42 Å². The molecule has 0 radical (unpaired) electrons. The first kappa shape index (κ1) is 10.2. The van der Waals surface area contributed by atoms with E-state index in [1.165, 1.54) is 0 Å². The molecule has 74 valence electrons. The van der Waals surface area contributed by atoms with E-state index in [9.17, 15) is 5.11 Å². The number of hydrogen-bond acceptors (Lipinski definition) is 4. The molecule has 0 aliphatic carbocycles. The highest BCUT2D eigenvalue weighted by molar-refractivity contribution is 5.09. The van der Waals surface area contributed by atoms with E-state index in [4.69, 9.17) is 10.2 Å². The fourth-order valence-electron chi connectivity index (χ4n) is 1.09. The molecule has 0 fully saturated rings. The van der Waals surface area contributed by atoms with Gasteiger partial charge in [0.05, 0.1) is 5.69 Å². The number of nitrogens with two attached hydrogens (primary N) is 1. The van der Waals surface area contributed by atoms with Crippen molar-refractivity contribution in [1.29, 1.82) is 0 Å². The van der Waals surface area contributed by atoms with Crippen LogP contribution in [0.4, 0.5) is 0 Å². The lowest BCUT2D eigenvalue weighted by Crippen LogP contribution is -2.25. The lowest BCUT2D eigenvalue weighted by atomic mass is 10.0. The molecule has 0 saturated carbocycles. The molecule has 4 nitrogen and oxygen atoms in total. The van der Waals surface area contributed by atoms with Gasteiger partial charge in [0.2, 0.25) is 5.89 Å². The first-order chi connectivity index (χ1) is 5.97. The zero-order valence-electron chi connectivity index (χ0n) is 8.29. The molecule has 1 rings (SSSR count). The lowest BCUT2D eigenvalue weighted by Gasteiger charge is -2.17. The maximum Gasteiger partial charge on any atom is 0.226 e. The van der Waals surface area contributed by atoms with Gasteiger partial charge < -0.3 is 15.3 Å². The minimum Gasteiger partial charge on any atom is -0.443 e. The van der Waals surface area contributed by atoms with Gasteiger partial charge in [0.1, 0.15) is 11.4 Å². The Balaban J connectivity index is 2.93. The normalized spacial score (nSPS) is 15.8. The second kappa shape index (κ2) is 3.47. The van der Waals surface area contributed by atoms with Gasteiger partial charge in [-0.1, -0.05) is 0 Å². The summed E-state index contributed by atoms with van der Waals surface area (Å²) in [6.45, 7) is 5.74. The van der Waals surface area contributed by atoms with Crippen molar-refractivity contribution in [2.24, 2.45) is 5.73 Å². The number of nitrogens with zero attached hydrogens (tertiary/aromatic N) is 1. The molecule has 0 aliphatic rings. The van der Waals surface area contributed by atoms with Crippen molar-refractivity contribution >= 4 is 0 Å². The van der Waals surface area contributed by atoms with E-state index in [1.807, 2.05) is 13.8 Å². The SMILES string of the molecule is Cc1nc(C(C)(O)CCN)oc1C. The summed E-state index contributed by atoms with van der Waals surface area (Å²) in [7, 11) is 0. The van der Waals surface area contributed by atoms with Crippen molar-refractivity contribution in [3.63, 3.8) is 0 Å². The number of aromatic nitrogens is 1. The molecule has 4 heteroatoms. The lowest BCUT2D eigenvalue weighted by molar-refractivity contribution is 0.0216. The monoisotopic (exact) mass is 184 g/mol. The summed E-state index contributed by atoms with van der Waals surface area (Å²) in [5.41, 5.74) is 5.13. The topological polar surface area (TPSA) is 72.3 Å². The molecule has 0 bridgehead atoms. The van der Waals surface area contributed by atoms with Crippen molar-refractivity contribution in [3.8, 4) is 0 Å². The second-order valence-electron chi connectivity index (χ2n) is 3.47. The molecular weight excluding hydrogens is 168 g/mol. The molecule has 1 heterocycles. The van der Waals surface area contributed by atoms with Gasteiger partial charge in [-0.3, -0.25) is 0 Å². The molecule has 3 N–H and O–H groups in total. The van der Waals surface area contributed by atoms with Crippen molar-refractivity contribution in [2.45, 2.75) is 32.8 Å². The molecule has 1 aromatic rings. The fourth-order valence-corrected chi connectivity index (χ4v) is 1.09. The van der Waals surface area contributed by atoms with Crippen LogP contribution in [0.5, 0.6) is 0 Å². The third kappa shape index (κ3) is 2.08. The Morgan fingerprint density at radius 2 is 2.15 bits per heavy atom. The van der Waals surface area contributed by atoms with Crippen LogP contribution in [0, 0.1) is 13.8 Å². The Labute approximate surface area is 77.8 Å². The van der Waals surface area contributed by atoms with E-state index >= 15 is 0 Å². The van der Waals surface area contributed by atoms with E-state index in [0.717, 1.165) is 11.5 Å². The zero-order chi connectivity index (χ0) is 10.1. The molecule has 1 unspecified atom stereocenters. The third-order valence-corrected chi connectivity index (χ3v) is 2.12. The Bertz CT molecular complexity index is 272. The number of oxazole rings is 1. The van der Waals surface area contributed by atoms with Gasteiger partial charge in [-0.05, 0) is 33.7 Å². The minimum absolute atomic E-state index is 0.355. The molecule has 0 spiro atoms. The van der Waals surface area contributed by atoms with Gasteiger partial charge in [-0.2, -0.15) is 0 Å². The van der Waals surface area contributed by atoms with Crippen molar-refractivity contribution < 1.29 is 9.52 Å². The molecule has 0 aromatic carbocycles. The summed E-state index contributed by atoms with van der Waals surface area (Å²) in [6, 6.07) is 0. The standard InChI is InChI=1S/C9H16N2O2/c1-6-7(2)13-8(11-6)9(3,12)4-5-10/h12H,4-5,10H2,1-3H3. The summed E-state index contributed by atoms with van der Waals surface area (Å²) in [6.07, 6.45) is 0.451. The van der Waals surface area contributed by atoms with Gasteiger partial charge in [0.25, 0.3) is 0 Å². The van der Waals surface area contributed by atoms with E-state index in [2.05, 4.69) is 4.98 Å². The Hall–Kier alpha value is -0.870. The highest BCUT2D eigenvalue weighted by Gasteiger charge is 2.28. The molecule has 0 amide bonds. The van der Waals surface area contributed by atoms with E-state index < -0.39 is 5.60 Å². The van der Waals surface area contributed by atoms with Crippen molar-refractivity contribution in [3.05, 3.63) is 17.3 Å². The van der Waals surface area contributed by atoms with Gasteiger partial charge in [0.15, 0.2) is 0 Å². The Morgan fingerprint density at radius 1 is 1.54 bits per heavy atom. The third-order valence-electron chi connectivity index (χ3n) is 2.12. The quantitative estimate of drug-likeness (QED) is 0.730. The highest BCUT2D eigenvalue weighted by Crippen LogP contribution is 2.24. The maximum absolute atomic E-state index is 9.89. The Kier molecular flexibility index (Phi) is 2.73. The zero-order valence-corrected chi connectivity index (χ0v) is 8.29. The number of rotatable bonds is 3. The van der Waals surface area contributed by atoms with Gasteiger partial charge in [-0.25, -0.2) is 4.98 Å². The van der Waals surface area contributed by atoms with Crippen LogP contribution < -0.4 is 5.73 Å². The van der Waals surface area contributed by atoms with E-state index in [0.29, 0.717) is 18.9 Å². The predicted molar refractivity (Wildman–Crippen MR) is 49.2 cm³/mol.